The number of aromatic nitrogens is 7. The molecule has 1 unspecified atom stereocenters. The SMILES string of the molecule is COC(=O)Nc1ccc(-c2nnc(C(Cc3ccccc3)c3ccc(-c4cc(Cl)ccc4-n4cnnn4)c[n+]3OC)o2)cc1. The Labute approximate surface area is 256 Å². The van der Waals surface area contributed by atoms with Crippen molar-refractivity contribution in [1.82, 2.24) is 30.4 Å². The standard InChI is InChI=1S/C31H25ClN8O4/c1-42-31(41)34-24-12-8-21(9-13-24)29-35-36-30(44-29)26(16-20-6-4-3-5-7-20)28-14-10-22(18-40(28)43-2)25-17-23(32)11-15-27(25)39-19-33-37-38-39/h3-15,17-19,26H,16H2,1-2H3/p+1. The van der Waals surface area contributed by atoms with Gasteiger partial charge < -0.3 is 9.15 Å². The zero-order chi connectivity index (χ0) is 30.5. The number of hydrogen-bond acceptors (Lipinski definition) is 9. The molecule has 0 spiro atoms. The van der Waals surface area contributed by atoms with Gasteiger partial charge in [0.25, 0.3) is 0 Å². The number of methoxy groups -OCH3 is 1. The smallest absolute Gasteiger partial charge is 0.411 e. The number of halogens is 1. The number of benzene rings is 3. The zero-order valence-electron chi connectivity index (χ0n) is 23.7. The summed E-state index contributed by atoms with van der Waals surface area (Å²) in [6.07, 6.45) is 3.41. The number of nitrogens with zero attached hydrogens (tertiary/aromatic N) is 7. The number of rotatable bonds is 9. The van der Waals surface area contributed by atoms with E-state index in [-0.39, 0.29) is 5.92 Å². The van der Waals surface area contributed by atoms with E-state index in [0.29, 0.717) is 34.5 Å². The molecule has 0 aliphatic heterocycles. The van der Waals surface area contributed by atoms with E-state index in [4.69, 9.17) is 20.9 Å². The Kier molecular flexibility index (Phi) is 8.23. The molecule has 0 bridgehead atoms. The van der Waals surface area contributed by atoms with Crippen molar-refractivity contribution in [2.45, 2.75) is 12.3 Å². The van der Waals surface area contributed by atoms with Crippen LogP contribution in [0.1, 0.15) is 23.1 Å². The highest BCUT2D eigenvalue weighted by molar-refractivity contribution is 6.31. The van der Waals surface area contributed by atoms with Crippen molar-refractivity contribution in [2.75, 3.05) is 19.5 Å². The Balaban J connectivity index is 1.38. The van der Waals surface area contributed by atoms with Crippen LogP contribution in [0.4, 0.5) is 10.5 Å². The van der Waals surface area contributed by atoms with E-state index < -0.39 is 6.09 Å². The number of anilines is 1. The second-order valence-corrected chi connectivity index (χ2v) is 10.1. The highest BCUT2D eigenvalue weighted by Crippen LogP contribution is 2.32. The van der Waals surface area contributed by atoms with Crippen molar-refractivity contribution in [3.63, 3.8) is 0 Å². The van der Waals surface area contributed by atoms with Crippen LogP contribution in [0, 0.1) is 0 Å². The number of amides is 1. The van der Waals surface area contributed by atoms with Gasteiger partial charge in [-0.3, -0.25) is 10.2 Å². The van der Waals surface area contributed by atoms with Crippen LogP contribution < -0.4 is 14.9 Å². The van der Waals surface area contributed by atoms with Crippen LogP contribution in [-0.2, 0) is 11.2 Å². The maximum Gasteiger partial charge on any atom is 0.411 e. The van der Waals surface area contributed by atoms with Crippen LogP contribution in [0.2, 0.25) is 5.02 Å². The van der Waals surface area contributed by atoms with Gasteiger partial charge in [0.2, 0.25) is 23.7 Å². The summed E-state index contributed by atoms with van der Waals surface area (Å²) in [5, 5.41) is 23.6. The molecule has 0 saturated heterocycles. The normalized spacial score (nSPS) is 11.6. The fourth-order valence-corrected chi connectivity index (χ4v) is 4.99. The first-order chi connectivity index (χ1) is 21.5. The first kappa shape index (κ1) is 28.5. The largest absolute Gasteiger partial charge is 0.453 e. The predicted molar refractivity (Wildman–Crippen MR) is 160 cm³/mol. The van der Waals surface area contributed by atoms with Gasteiger partial charge in [-0.2, -0.15) is 4.68 Å². The summed E-state index contributed by atoms with van der Waals surface area (Å²) in [5.74, 6) is 0.399. The van der Waals surface area contributed by atoms with Gasteiger partial charge in [0.15, 0.2) is 0 Å². The second kappa shape index (κ2) is 12.7. The molecule has 6 aromatic rings. The molecule has 3 heterocycles. The maximum atomic E-state index is 11.5. The van der Waals surface area contributed by atoms with Crippen molar-refractivity contribution >= 4 is 23.4 Å². The average molecular weight is 610 g/mol. The number of hydrogen-bond donors (Lipinski definition) is 1. The minimum atomic E-state index is -0.555. The Morgan fingerprint density at radius 2 is 1.80 bits per heavy atom. The summed E-state index contributed by atoms with van der Waals surface area (Å²) in [4.78, 5) is 17.4. The van der Waals surface area contributed by atoms with Gasteiger partial charge in [0, 0.05) is 32.6 Å². The number of tetrazole rings is 1. The van der Waals surface area contributed by atoms with Gasteiger partial charge in [0.05, 0.1) is 18.4 Å². The minimum absolute atomic E-state index is 0.341. The molecule has 0 aliphatic rings. The van der Waals surface area contributed by atoms with E-state index in [1.807, 2.05) is 60.8 Å². The Hall–Kier alpha value is -5.62. The molecule has 3 aromatic carbocycles. The molecule has 3 aromatic heterocycles. The molecule has 0 fully saturated rings. The summed E-state index contributed by atoms with van der Waals surface area (Å²) in [6.45, 7) is 0. The van der Waals surface area contributed by atoms with Crippen LogP contribution >= 0.6 is 11.6 Å². The fourth-order valence-electron chi connectivity index (χ4n) is 4.82. The van der Waals surface area contributed by atoms with Gasteiger partial charge in [-0.05, 0) is 70.9 Å². The van der Waals surface area contributed by atoms with E-state index in [1.165, 1.54) is 13.4 Å². The molecular weight excluding hydrogens is 584 g/mol. The van der Waals surface area contributed by atoms with E-state index in [1.54, 1.807) is 46.9 Å². The lowest BCUT2D eigenvalue weighted by molar-refractivity contribution is -0.890. The molecule has 220 valence electrons. The monoisotopic (exact) mass is 609 g/mol. The quantitative estimate of drug-likeness (QED) is 0.226. The van der Waals surface area contributed by atoms with Gasteiger partial charge in [-0.1, -0.05) is 41.9 Å². The molecule has 44 heavy (non-hydrogen) atoms. The Morgan fingerprint density at radius 3 is 2.52 bits per heavy atom. The van der Waals surface area contributed by atoms with Crippen LogP contribution in [0.25, 0.3) is 28.3 Å². The molecule has 12 nitrogen and oxygen atoms in total. The highest BCUT2D eigenvalue weighted by Gasteiger charge is 2.32. The molecule has 13 heteroatoms. The van der Waals surface area contributed by atoms with Crippen molar-refractivity contribution in [3.8, 4) is 28.3 Å². The maximum absolute atomic E-state index is 11.5. The second-order valence-electron chi connectivity index (χ2n) is 9.65. The average Bonchev–Trinajstić information content (AvgIpc) is 3.78. The molecule has 1 N–H and O–H groups in total. The number of nitrogens with one attached hydrogen (secondary N) is 1. The third-order valence-electron chi connectivity index (χ3n) is 6.95. The van der Waals surface area contributed by atoms with Crippen LogP contribution in [0.5, 0.6) is 0 Å². The highest BCUT2D eigenvalue weighted by atomic mass is 35.5. The fraction of sp³-hybridized carbons (Fsp3) is 0.129. The van der Waals surface area contributed by atoms with Crippen LogP contribution in [0.3, 0.4) is 0 Å². The molecule has 0 radical (unpaired) electrons. The number of carbonyl (C=O) groups excluding carboxylic acids is 1. The molecular formula is C31H26ClN8O4+. The van der Waals surface area contributed by atoms with Gasteiger partial charge in [0.1, 0.15) is 19.4 Å². The van der Waals surface area contributed by atoms with E-state index in [9.17, 15) is 4.79 Å². The predicted octanol–water partition coefficient (Wildman–Crippen LogP) is 4.93. The summed E-state index contributed by atoms with van der Waals surface area (Å²) < 4.78 is 14.2. The molecule has 0 aliphatic carbocycles. The molecule has 6 rings (SSSR count). The van der Waals surface area contributed by atoms with E-state index >= 15 is 0 Å². The Morgan fingerprint density at radius 1 is 1.00 bits per heavy atom. The molecule has 1 atom stereocenters. The first-order valence-electron chi connectivity index (χ1n) is 13.5. The number of pyridine rings is 1. The number of carbonyl (C=O) groups is 1. The topological polar surface area (TPSA) is 134 Å². The van der Waals surface area contributed by atoms with Gasteiger partial charge in [-0.15, -0.1) is 15.3 Å². The number of ether oxygens (including phenoxy) is 1. The Bertz CT molecular complexity index is 1880. The van der Waals surface area contributed by atoms with E-state index in [0.717, 1.165) is 28.1 Å². The molecule has 1 amide bonds. The van der Waals surface area contributed by atoms with Gasteiger partial charge >= 0.3 is 6.09 Å². The van der Waals surface area contributed by atoms with Crippen molar-refractivity contribution in [1.29, 1.82) is 0 Å². The van der Waals surface area contributed by atoms with Crippen molar-refractivity contribution in [2.24, 2.45) is 0 Å². The van der Waals surface area contributed by atoms with Gasteiger partial charge in [-0.25, -0.2) is 4.79 Å². The van der Waals surface area contributed by atoms with E-state index in [2.05, 4.69) is 35.8 Å². The third kappa shape index (κ3) is 6.10. The lowest BCUT2D eigenvalue weighted by Crippen LogP contribution is -2.45. The molecule has 0 saturated carbocycles. The summed E-state index contributed by atoms with van der Waals surface area (Å²) in [6, 6.07) is 26.5. The summed E-state index contributed by atoms with van der Waals surface area (Å²) >= 11 is 6.39. The van der Waals surface area contributed by atoms with Crippen LogP contribution in [-0.4, -0.2) is 50.7 Å². The minimum Gasteiger partial charge on any atom is -0.453 e. The van der Waals surface area contributed by atoms with Crippen molar-refractivity contribution in [3.05, 3.63) is 120 Å². The third-order valence-corrected chi connectivity index (χ3v) is 7.18. The van der Waals surface area contributed by atoms with Crippen molar-refractivity contribution < 1.29 is 23.5 Å². The first-order valence-corrected chi connectivity index (χ1v) is 13.9. The summed E-state index contributed by atoms with van der Waals surface area (Å²) in [7, 11) is 2.90. The van der Waals surface area contributed by atoms with Crippen LogP contribution in [0.15, 0.2) is 102 Å². The lowest BCUT2D eigenvalue weighted by atomic mass is 9.94. The zero-order valence-corrected chi connectivity index (χ0v) is 24.4. The lowest BCUT2D eigenvalue weighted by Gasteiger charge is -2.13. The summed E-state index contributed by atoms with van der Waals surface area (Å²) in [5.41, 5.74) is 5.54.